The number of benzene rings is 1. The zero-order chi connectivity index (χ0) is 23.8. The van der Waals surface area contributed by atoms with Gasteiger partial charge in [0.2, 0.25) is 17.8 Å². The molecule has 2 heterocycles. The number of aromatic nitrogens is 4. The maximum atomic E-state index is 11.7. The average Bonchev–Trinajstić information content (AvgIpc) is 3.39. The van der Waals surface area contributed by atoms with Gasteiger partial charge in [-0.05, 0) is 57.1 Å². The Labute approximate surface area is 207 Å². The number of aliphatic hydroxyl groups is 1. The van der Waals surface area contributed by atoms with Crippen molar-refractivity contribution in [2.75, 3.05) is 10.6 Å². The molecule has 2 fully saturated rings. The normalized spacial score (nSPS) is 24.9. The summed E-state index contributed by atoms with van der Waals surface area (Å²) in [5.74, 6) is 0.642. The van der Waals surface area contributed by atoms with Crippen molar-refractivity contribution >= 4 is 57.9 Å². The lowest BCUT2D eigenvalue weighted by atomic mass is 9.85. The van der Waals surface area contributed by atoms with Crippen LogP contribution in [-0.4, -0.2) is 42.7 Å². The highest BCUT2D eigenvalue weighted by Gasteiger charge is 2.30. The molecule has 0 aliphatic heterocycles. The Morgan fingerprint density at radius 1 is 1.09 bits per heavy atom. The number of hydrogen-bond donors (Lipinski definition) is 4. The molecule has 180 valence electrons. The highest BCUT2D eigenvalue weighted by atomic mass is 35.5. The van der Waals surface area contributed by atoms with Crippen molar-refractivity contribution in [2.45, 2.75) is 63.1 Å². The van der Waals surface area contributed by atoms with Gasteiger partial charge in [-0.3, -0.25) is 9.36 Å². The topological polar surface area (TPSA) is 131 Å². The van der Waals surface area contributed by atoms with E-state index in [9.17, 15) is 9.90 Å². The minimum absolute atomic E-state index is 0.0594. The molecule has 1 amide bonds. The molecule has 0 bridgehead atoms. The van der Waals surface area contributed by atoms with Crippen LogP contribution in [0.15, 0.2) is 24.4 Å². The summed E-state index contributed by atoms with van der Waals surface area (Å²) in [5.41, 5.74) is 7.40. The maximum Gasteiger partial charge on any atom is 0.225 e. The number of primary amides is 1. The molecule has 2 saturated carbocycles. The number of amides is 1. The molecule has 1 unspecified atom stereocenters. The number of hydrogen-bond acceptors (Lipinski definition) is 7. The van der Waals surface area contributed by atoms with Gasteiger partial charge in [-0.15, -0.1) is 0 Å². The third-order valence-electron chi connectivity index (χ3n) is 6.89. The number of imidazole rings is 1. The van der Waals surface area contributed by atoms with E-state index in [-0.39, 0.29) is 23.9 Å². The van der Waals surface area contributed by atoms with Gasteiger partial charge in [0.1, 0.15) is 5.52 Å². The van der Waals surface area contributed by atoms with Crippen LogP contribution >= 0.6 is 23.2 Å². The van der Waals surface area contributed by atoms with E-state index < -0.39 is 6.10 Å². The molecule has 0 radical (unpaired) electrons. The summed E-state index contributed by atoms with van der Waals surface area (Å²) in [4.78, 5) is 25.6. The third-order valence-corrected chi connectivity index (χ3v) is 7.52. The third kappa shape index (κ3) is 4.52. The summed E-state index contributed by atoms with van der Waals surface area (Å²) >= 11 is 12.8. The molecular formula is C23H27Cl2N7O2. The van der Waals surface area contributed by atoms with Gasteiger partial charge >= 0.3 is 0 Å². The lowest BCUT2D eigenvalue weighted by Crippen LogP contribution is -2.29. The first-order valence-corrected chi connectivity index (χ1v) is 12.4. The average molecular weight is 504 g/mol. The number of anilines is 3. The number of fused-ring (bicyclic) bond motifs is 1. The zero-order valence-electron chi connectivity index (χ0n) is 18.5. The van der Waals surface area contributed by atoms with Gasteiger partial charge in [0.05, 0.1) is 34.1 Å². The minimum atomic E-state index is -0.409. The fourth-order valence-corrected chi connectivity index (χ4v) is 5.51. The van der Waals surface area contributed by atoms with Gasteiger partial charge in [-0.25, -0.2) is 9.97 Å². The Kier molecular flexibility index (Phi) is 6.50. The number of rotatable bonds is 6. The predicted molar refractivity (Wildman–Crippen MR) is 133 cm³/mol. The van der Waals surface area contributed by atoms with Crippen molar-refractivity contribution in [3.8, 4) is 0 Å². The molecule has 3 aromatic rings. The van der Waals surface area contributed by atoms with E-state index in [1.54, 1.807) is 24.4 Å². The number of nitrogens with two attached hydrogens (primary N) is 1. The molecule has 2 aromatic heterocycles. The second-order valence-electron chi connectivity index (χ2n) is 9.09. The molecule has 9 nitrogen and oxygen atoms in total. The van der Waals surface area contributed by atoms with Gasteiger partial charge < -0.3 is 21.5 Å². The van der Waals surface area contributed by atoms with Crippen LogP contribution in [0.25, 0.3) is 11.2 Å². The number of aliphatic hydroxyl groups excluding tert-OH is 1. The van der Waals surface area contributed by atoms with Crippen molar-refractivity contribution in [1.82, 2.24) is 19.5 Å². The second-order valence-corrected chi connectivity index (χ2v) is 9.90. The maximum absolute atomic E-state index is 11.7. The van der Waals surface area contributed by atoms with E-state index in [2.05, 4.69) is 15.6 Å². The van der Waals surface area contributed by atoms with Crippen LogP contribution in [0.4, 0.5) is 17.6 Å². The Morgan fingerprint density at radius 2 is 1.82 bits per heavy atom. The highest BCUT2D eigenvalue weighted by Crippen LogP contribution is 2.39. The van der Waals surface area contributed by atoms with E-state index in [1.807, 2.05) is 4.57 Å². The van der Waals surface area contributed by atoms with Crippen LogP contribution < -0.4 is 16.4 Å². The molecule has 11 heteroatoms. The van der Waals surface area contributed by atoms with Crippen molar-refractivity contribution in [2.24, 2.45) is 11.7 Å². The predicted octanol–water partition coefficient (Wildman–Crippen LogP) is 4.42. The molecule has 2 atom stereocenters. The summed E-state index contributed by atoms with van der Waals surface area (Å²) in [6, 6.07) is 5.29. The molecule has 34 heavy (non-hydrogen) atoms. The van der Waals surface area contributed by atoms with Gasteiger partial charge in [0.25, 0.3) is 0 Å². The Bertz CT molecular complexity index is 1190. The summed E-state index contributed by atoms with van der Waals surface area (Å²) in [6.45, 7) is 0. The monoisotopic (exact) mass is 503 g/mol. The molecule has 5 N–H and O–H groups in total. The van der Waals surface area contributed by atoms with Crippen LogP contribution in [-0.2, 0) is 4.79 Å². The van der Waals surface area contributed by atoms with Crippen molar-refractivity contribution in [3.05, 3.63) is 34.4 Å². The van der Waals surface area contributed by atoms with E-state index in [0.29, 0.717) is 51.6 Å². The van der Waals surface area contributed by atoms with E-state index in [0.717, 1.165) is 32.1 Å². The number of carbonyl (C=O) groups excluding carboxylic acids is 1. The summed E-state index contributed by atoms with van der Waals surface area (Å²) in [7, 11) is 0. The van der Waals surface area contributed by atoms with Crippen molar-refractivity contribution in [3.63, 3.8) is 0 Å². The number of nitrogens with zero attached hydrogens (tertiary/aromatic N) is 4. The van der Waals surface area contributed by atoms with E-state index in [4.69, 9.17) is 38.9 Å². The van der Waals surface area contributed by atoms with Crippen molar-refractivity contribution < 1.29 is 9.90 Å². The molecule has 5 rings (SSSR count). The fourth-order valence-electron chi connectivity index (χ4n) is 5.02. The number of halogens is 2. The van der Waals surface area contributed by atoms with Gasteiger partial charge in [0, 0.05) is 12.0 Å². The fraction of sp³-hybridized carbons (Fsp3) is 0.478. The van der Waals surface area contributed by atoms with Crippen LogP contribution in [0.1, 0.15) is 51.0 Å². The first-order valence-electron chi connectivity index (χ1n) is 11.6. The van der Waals surface area contributed by atoms with E-state index >= 15 is 0 Å². The molecular weight excluding hydrogens is 477 g/mol. The van der Waals surface area contributed by atoms with Crippen molar-refractivity contribution in [1.29, 1.82) is 0 Å². The van der Waals surface area contributed by atoms with Crippen LogP contribution in [0.2, 0.25) is 10.0 Å². The van der Waals surface area contributed by atoms with Crippen LogP contribution in [0, 0.1) is 5.92 Å². The molecule has 2 aliphatic rings. The van der Waals surface area contributed by atoms with Crippen LogP contribution in [0.5, 0.6) is 0 Å². The summed E-state index contributed by atoms with van der Waals surface area (Å²) < 4.78 is 2.05. The molecule has 2 aliphatic carbocycles. The number of para-hydroxylation sites is 1. The van der Waals surface area contributed by atoms with E-state index in [1.165, 1.54) is 0 Å². The standard InChI is InChI=1S/C23H27Cl2N7O2/c24-14-3-1-4-15(25)19(14)30-23-29-17-11-27-22(28-16-5-2-6-18(16)33)31-21(17)32(23)13-9-7-12(8-10-13)20(26)34/h1,3-4,11-13,16,18,33H,2,5-10H2,(H2,26,34)(H,29,30)(H,27,28,31)/t12?,13?,16?,18-/m1/s1. The molecule has 1 aromatic carbocycles. The zero-order valence-corrected chi connectivity index (χ0v) is 20.1. The second kappa shape index (κ2) is 9.56. The van der Waals surface area contributed by atoms with Gasteiger partial charge in [0.15, 0.2) is 5.65 Å². The molecule has 0 saturated heterocycles. The minimum Gasteiger partial charge on any atom is -0.391 e. The Morgan fingerprint density at radius 3 is 2.47 bits per heavy atom. The van der Waals surface area contributed by atoms with Gasteiger partial charge in [-0.1, -0.05) is 29.3 Å². The Balaban J connectivity index is 1.53. The Hall–Kier alpha value is -2.62. The van der Waals surface area contributed by atoms with Crippen LogP contribution in [0.3, 0.4) is 0 Å². The lowest BCUT2D eigenvalue weighted by molar-refractivity contribution is -0.122. The number of nitrogens with one attached hydrogen (secondary N) is 2. The summed E-state index contributed by atoms with van der Waals surface area (Å²) in [6.07, 6.45) is 6.81. The summed E-state index contributed by atoms with van der Waals surface area (Å²) in [5, 5.41) is 17.7. The molecule has 0 spiro atoms. The SMILES string of the molecule is NC(=O)C1CCC(n2c(Nc3c(Cl)cccc3Cl)nc3cnc(NC4CCC[C@H]4O)nc32)CC1. The number of carbonyl (C=O) groups is 1. The first-order chi connectivity index (χ1) is 16.4. The quantitative estimate of drug-likeness (QED) is 0.391. The largest absolute Gasteiger partial charge is 0.391 e. The first kappa shape index (κ1) is 23.1. The highest BCUT2D eigenvalue weighted by molar-refractivity contribution is 6.39. The smallest absolute Gasteiger partial charge is 0.225 e. The lowest BCUT2D eigenvalue weighted by Gasteiger charge is -2.29. The van der Waals surface area contributed by atoms with Gasteiger partial charge in [-0.2, -0.15) is 4.98 Å².